The summed E-state index contributed by atoms with van der Waals surface area (Å²) in [7, 11) is -5.91. The van der Waals surface area contributed by atoms with Gasteiger partial charge in [-0.15, -0.1) is 0 Å². The van der Waals surface area contributed by atoms with Crippen LogP contribution in [0.15, 0.2) is 12.4 Å². The maximum Gasteiger partial charge on any atom is 0.471 e. The summed E-state index contributed by atoms with van der Waals surface area (Å²) in [6, 6.07) is -0.978. The monoisotopic (exact) mass is 437 g/mol. The standard InChI is InChI=1S/C12H14F9N2O3S/c1-3-4-5-23-7-6-22(2)8(23)26-27(24,25)12(20,21)10(15,16)9(13,14)11(17,18)19/h6-7H,3-5H2,1-2H3/q+1. The summed E-state index contributed by atoms with van der Waals surface area (Å²) in [6.45, 7) is 1.68. The van der Waals surface area contributed by atoms with E-state index in [1.54, 1.807) is 6.92 Å². The first-order valence-electron chi connectivity index (χ1n) is 7.13. The molecule has 0 aliphatic heterocycles. The predicted octanol–water partition coefficient (Wildman–Crippen LogP) is 3.25. The van der Waals surface area contributed by atoms with Crippen molar-refractivity contribution < 1.29 is 56.7 Å². The fraction of sp³-hybridized carbons (Fsp3) is 0.750. The lowest BCUT2D eigenvalue weighted by atomic mass is 10.1. The molecule has 0 unspecified atom stereocenters. The number of hydrogen-bond donors (Lipinski definition) is 0. The molecule has 1 aromatic heterocycles. The minimum absolute atomic E-state index is 0.0249. The first-order chi connectivity index (χ1) is 11.9. The van der Waals surface area contributed by atoms with Crippen molar-refractivity contribution in [2.75, 3.05) is 0 Å². The average Bonchev–Trinajstić information content (AvgIpc) is 2.83. The predicted molar refractivity (Wildman–Crippen MR) is 71.0 cm³/mol. The number of hydrogen-bond acceptors (Lipinski definition) is 3. The quantitative estimate of drug-likeness (QED) is 0.357. The van der Waals surface area contributed by atoms with Gasteiger partial charge in [-0.1, -0.05) is 13.3 Å². The molecule has 0 saturated carbocycles. The number of aryl methyl sites for hydroxylation is 2. The van der Waals surface area contributed by atoms with Crippen molar-refractivity contribution in [3.63, 3.8) is 0 Å². The minimum atomic E-state index is -7.34. The molecule has 15 heteroatoms. The van der Waals surface area contributed by atoms with Crippen molar-refractivity contribution in [1.29, 1.82) is 0 Å². The van der Waals surface area contributed by atoms with Crippen LogP contribution in [0.5, 0.6) is 6.01 Å². The van der Waals surface area contributed by atoms with Crippen molar-refractivity contribution in [1.82, 2.24) is 4.57 Å². The van der Waals surface area contributed by atoms with Crippen LogP contribution in [0.1, 0.15) is 19.8 Å². The molecule has 1 rings (SSSR count). The molecule has 0 saturated heterocycles. The molecule has 0 fully saturated rings. The molecule has 158 valence electrons. The molecular weight excluding hydrogens is 423 g/mol. The molecule has 0 atom stereocenters. The first-order valence-corrected chi connectivity index (χ1v) is 8.53. The van der Waals surface area contributed by atoms with Crippen molar-refractivity contribution in [3.05, 3.63) is 12.4 Å². The van der Waals surface area contributed by atoms with E-state index in [9.17, 15) is 47.9 Å². The second kappa shape index (κ2) is 7.05. The molecule has 0 aliphatic carbocycles. The fourth-order valence-corrected chi connectivity index (χ4v) is 2.74. The summed E-state index contributed by atoms with van der Waals surface area (Å²) in [5.41, 5.74) is 0. The number of imidazole rings is 1. The normalized spacial score (nSPS) is 14.5. The SMILES string of the molecule is CCCCn1cc[n+](C)c1OS(=O)(=O)C(F)(F)C(F)(F)C(F)(F)C(F)(F)F. The Balaban J connectivity index is 3.37. The highest BCUT2D eigenvalue weighted by Gasteiger charge is 2.86. The lowest BCUT2D eigenvalue weighted by Gasteiger charge is -2.32. The minimum Gasteiger partial charge on any atom is -0.304 e. The molecule has 0 aromatic carbocycles. The molecule has 0 N–H and O–H groups in total. The average molecular weight is 437 g/mol. The van der Waals surface area contributed by atoms with Crippen LogP contribution < -0.4 is 8.75 Å². The van der Waals surface area contributed by atoms with E-state index in [1.807, 2.05) is 0 Å². The van der Waals surface area contributed by atoms with Gasteiger partial charge < -0.3 is 4.18 Å². The first kappa shape index (κ1) is 23.4. The summed E-state index contributed by atoms with van der Waals surface area (Å²) in [6.07, 6.45) is -4.05. The molecule has 1 aromatic rings. The van der Waals surface area contributed by atoms with E-state index in [-0.39, 0.29) is 6.54 Å². The zero-order valence-corrected chi connectivity index (χ0v) is 14.5. The fourth-order valence-electron chi connectivity index (χ4n) is 1.78. The third-order valence-corrected chi connectivity index (χ3v) is 4.64. The van der Waals surface area contributed by atoms with Gasteiger partial charge in [-0.25, -0.2) is 0 Å². The maximum absolute atomic E-state index is 13.7. The van der Waals surface area contributed by atoms with Crippen LogP contribution in [0, 0.1) is 0 Å². The van der Waals surface area contributed by atoms with E-state index in [1.165, 1.54) is 0 Å². The van der Waals surface area contributed by atoms with Gasteiger partial charge >= 0.3 is 39.4 Å². The Kier molecular flexibility index (Phi) is 6.10. The van der Waals surface area contributed by atoms with Crippen LogP contribution in [-0.4, -0.2) is 36.3 Å². The Bertz CT molecular complexity index is 772. The summed E-state index contributed by atoms with van der Waals surface area (Å²) in [5.74, 6) is -14.7. The largest absolute Gasteiger partial charge is 0.471 e. The molecule has 1 heterocycles. The van der Waals surface area contributed by atoms with Crippen LogP contribution in [0.4, 0.5) is 39.5 Å². The van der Waals surface area contributed by atoms with E-state index in [2.05, 4.69) is 4.18 Å². The van der Waals surface area contributed by atoms with Crippen LogP contribution in [-0.2, 0) is 23.7 Å². The van der Waals surface area contributed by atoms with Gasteiger partial charge in [0.15, 0.2) is 0 Å². The third kappa shape index (κ3) is 3.82. The lowest BCUT2D eigenvalue weighted by molar-refractivity contribution is -0.674. The van der Waals surface area contributed by atoms with Gasteiger partial charge in [-0.3, -0.25) is 0 Å². The van der Waals surface area contributed by atoms with Gasteiger partial charge in [0.2, 0.25) is 0 Å². The summed E-state index contributed by atoms with van der Waals surface area (Å²) >= 11 is 0. The van der Waals surface area contributed by atoms with E-state index >= 15 is 0 Å². The number of halogens is 9. The Morgan fingerprint density at radius 1 is 1.04 bits per heavy atom. The number of rotatable bonds is 8. The van der Waals surface area contributed by atoms with Gasteiger partial charge in [-0.05, 0) is 6.42 Å². The summed E-state index contributed by atoms with van der Waals surface area (Å²) in [5, 5.41) is -6.90. The second-order valence-corrected chi connectivity index (χ2v) is 7.03. The van der Waals surface area contributed by atoms with Crippen LogP contribution in [0.25, 0.3) is 0 Å². The zero-order chi connectivity index (χ0) is 21.5. The molecule has 0 radical (unpaired) electrons. The van der Waals surface area contributed by atoms with Gasteiger partial charge in [0, 0.05) is 0 Å². The van der Waals surface area contributed by atoms with Crippen molar-refractivity contribution >= 4 is 10.1 Å². The topological polar surface area (TPSA) is 52.2 Å². The van der Waals surface area contributed by atoms with E-state index in [0.29, 0.717) is 12.8 Å². The molecule has 5 nitrogen and oxygen atoms in total. The Morgan fingerprint density at radius 3 is 2.00 bits per heavy atom. The highest BCUT2D eigenvalue weighted by Crippen LogP contribution is 2.54. The number of aromatic nitrogens is 2. The highest BCUT2D eigenvalue weighted by molar-refractivity contribution is 7.88. The van der Waals surface area contributed by atoms with Crippen molar-refractivity contribution in [2.45, 2.75) is 49.6 Å². The smallest absolute Gasteiger partial charge is 0.304 e. The number of alkyl halides is 9. The van der Waals surface area contributed by atoms with Crippen molar-refractivity contribution in [2.24, 2.45) is 7.05 Å². The van der Waals surface area contributed by atoms with Crippen LogP contribution in [0.2, 0.25) is 0 Å². The van der Waals surface area contributed by atoms with Crippen LogP contribution in [0.3, 0.4) is 0 Å². The summed E-state index contributed by atoms with van der Waals surface area (Å²) < 4.78 is 144. The molecule has 0 bridgehead atoms. The molecular formula is C12H14F9N2O3S+. The van der Waals surface area contributed by atoms with Gasteiger partial charge in [0.05, 0.1) is 13.6 Å². The molecule has 0 spiro atoms. The van der Waals surface area contributed by atoms with E-state index in [4.69, 9.17) is 0 Å². The summed E-state index contributed by atoms with van der Waals surface area (Å²) in [4.78, 5) is 0. The zero-order valence-electron chi connectivity index (χ0n) is 13.7. The van der Waals surface area contributed by atoms with Gasteiger partial charge in [-0.2, -0.15) is 57.1 Å². The maximum atomic E-state index is 13.7. The number of unbranched alkanes of at least 4 members (excludes halogenated alkanes) is 1. The number of nitrogens with zero attached hydrogens (tertiary/aromatic N) is 2. The van der Waals surface area contributed by atoms with Gasteiger partial charge in [0.1, 0.15) is 12.4 Å². The second-order valence-electron chi connectivity index (χ2n) is 5.44. The van der Waals surface area contributed by atoms with Crippen LogP contribution >= 0.6 is 0 Å². The third-order valence-electron chi connectivity index (χ3n) is 3.38. The highest BCUT2D eigenvalue weighted by atomic mass is 32.2. The molecule has 0 aliphatic rings. The van der Waals surface area contributed by atoms with E-state index in [0.717, 1.165) is 28.6 Å². The van der Waals surface area contributed by atoms with Gasteiger partial charge in [0.25, 0.3) is 0 Å². The Morgan fingerprint density at radius 2 is 1.56 bits per heavy atom. The van der Waals surface area contributed by atoms with E-state index < -0.39 is 39.4 Å². The molecule has 0 amide bonds. The Labute approximate surface area is 147 Å². The Hall–Kier alpha value is -1.67. The van der Waals surface area contributed by atoms with Crippen molar-refractivity contribution in [3.8, 4) is 6.01 Å². The lowest BCUT2D eigenvalue weighted by Crippen LogP contribution is -2.64. The molecule has 27 heavy (non-hydrogen) atoms.